The van der Waals surface area contributed by atoms with Crippen molar-refractivity contribution in [2.75, 3.05) is 20.6 Å². The molecule has 1 aliphatic rings. The van der Waals surface area contributed by atoms with E-state index in [2.05, 4.69) is 29.4 Å². The van der Waals surface area contributed by atoms with Crippen molar-refractivity contribution in [1.82, 2.24) is 10.2 Å². The minimum absolute atomic E-state index is 0.434. The number of hydrogen-bond acceptors (Lipinski definition) is 2. The number of hydrogen-bond donors (Lipinski definition) is 1. The highest BCUT2D eigenvalue weighted by atomic mass is 35.5. The molecule has 0 radical (unpaired) electrons. The summed E-state index contributed by atoms with van der Waals surface area (Å²) in [6, 6.07) is 6.65. The lowest BCUT2D eigenvalue weighted by Crippen LogP contribution is -2.20. The number of nitrogens with one attached hydrogen (secondary N) is 1. The lowest BCUT2D eigenvalue weighted by Gasteiger charge is -2.16. The number of benzene rings is 1. The first-order chi connectivity index (χ1) is 7.20. The molecule has 0 aromatic heterocycles. The zero-order valence-corrected chi connectivity index (χ0v) is 10.0. The molecule has 0 bridgehead atoms. The molecule has 2 rings (SSSR count). The van der Waals surface area contributed by atoms with E-state index in [9.17, 15) is 0 Å². The van der Waals surface area contributed by atoms with Gasteiger partial charge in [0.15, 0.2) is 0 Å². The molecule has 0 spiro atoms. The van der Waals surface area contributed by atoms with Gasteiger partial charge in [-0.25, -0.2) is 0 Å². The highest BCUT2D eigenvalue weighted by Crippen LogP contribution is 2.28. The number of fused-ring (bicyclic) bond motifs is 1. The molecule has 82 valence electrons. The monoisotopic (exact) mass is 224 g/mol. The van der Waals surface area contributed by atoms with E-state index in [4.69, 9.17) is 11.6 Å². The van der Waals surface area contributed by atoms with Crippen LogP contribution in [0.25, 0.3) is 0 Å². The van der Waals surface area contributed by atoms with Gasteiger partial charge < -0.3 is 10.2 Å². The Kier molecular flexibility index (Phi) is 3.29. The summed E-state index contributed by atoms with van der Waals surface area (Å²) in [7, 11) is 4.18. The summed E-state index contributed by atoms with van der Waals surface area (Å²) >= 11 is 6.05. The second-order valence-electron chi connectivity index (χ2n) is 4.21. The van der Waals surface area contributed by atoms with Gasteiger partial charge in [-0.1, -0.05) is 17.7 Å². The summed E-state index contributed by atoms with van der Waals surface area (Å²) in [4.78, 5) is 2.35. The number of halogens is 1. The normalized spacial score (nSPS) is 22.2. The lowest BCUT2D eigenvalue weighted by atomic mass is 9.99. The van der Waals surface area contributed by atoms with Crippen LogP contribution in [0.2, 0.25) is 5.02 Å². The molecule has 0 amide bonds. The van der Waals surface area contributed by atoms with Crippen LogP contribution in [0, 0.1) is 0 Å². The Labute approximate surface area is 96.2 Å². The van der Waals surface area contributed by atoms with Gasteiger partial charge in [-0.15, -0.1) is 0 Å². The van der Waals surface area contributed by atoms with Crippen molar-refractivity contribution >= 4 is 11.6 Å². The molecular weight excluding hydrogens is 208 g/mol. The van der Waals surface area contributed by atoms with E-state index in [0.29, 0.717) is 6.04 Å². The Balaban J connectivity index is 2.41. The topological polar surface area (TPSA) is 15.3 Å². The summed E-state index contributed by atoms with van der Waals surface area (Å²) in [5.41, 5.74) is 2.74. The van der Waals surface area contributed by atoms with Crippen LogP contribution in [0.3, 0.4) is 0 Å². The van der Waals surface area contributed by atoms with E-state index in [0.717, 1.165) is 24.5 Å². The summed E-state index contributed by atoms with van der Waals surface area (Å²) < 4.78 is 0. The molecule has 15 heavy (non-hydrogen) atoms. The highest BCUT2D eigenvalue weighted by molar-refractivity contribution is 6.30. The molecule has 1 aliphatic heterocycles. The Morgan fingerprint density at radius 3 is 3.00 bits per heavy atom. The first-order valence-corrected chi connectivity index (χ1v) is 5.72. The maximum Gasteiger partial charge on any atom is 0.0409 e. The smallest absolute Gasteiger partial charge is 0.0409 e. The molecule has 0 saturated heterocycles. The maximum absolute atomic E-state index is 6.05. The minimum atomic E-state index is 0.434. The Bertz CT molecular complexity index is 351. The van der Waals surface area contributed by atoms with Crippen molar-refractivity contribution in [3.63, 3.8) is 0 Å². The van der Waals surface area contributed by atoms with Gasteiger partial charge in [0.05, 0.1) is 0 Å². The van der Waals surface area contributed by atoms with Crippen molar-refractivity contribution < 1.29 is 0 Å². The quantitative estimate of drug-likeness (QED) is 0.789. The molecule has 1 aromatic carbocycles. The van der Waals surface area contributed by atoms with Crippen LogP contribution in [-0.2, 0) is 6.54 Å². The van der Waals surface area contributed by atoms with E-state index < -0.39 is 0 Å². The predicted molar refractivity (Wildman–Crippen MR) is 64.2 cm³/mol. The number of rotatable bonds is 1. The molecular formula is C12H17ClN2. The molecule has 0 aliphatic carbocycles. The van der Waals surface area contributed by atoms with Gasteiger partial charge in [0.2, 0.25) is 0 Å². The van der Waals surface area contributed by atoms with Crippen molar-refractivity contribution in [1.29, 1.82) is 0 Å². The summed E-state index contributed by atoms with van der Waals surface area (Å²) in [5, 5.41) is 4.19. The van der Waals surface area contributed by atoms with Crippen LogP contribution in [0.5, 0.6) is 0 Å². The first-order valence-electron chi connectivity index (χ1n) is 5.35. The standard InChI is InChI=1S/C12H17ClN2/c1-14-12-5-6-15(2)8-9-3-4-10(13)7-11(9)12/h3-4,7,12,14H,5-6,8H2,1-2H3/t12-/m1/s1. The van der Waals surface area contributed by atoms with Gasteiger partial charge in [0.1, 0.15) is 0 Å². The van der Waals surface area contributed by atoms with Crippen molar-refractivity contribution in [3.8, 4) is 0 Å². The molecule has 0 unspecified atom stereocenters. The zero-order valence-electron chi connectivity index (χ0n) is 9.26. The van der Waals surface area contributed by atoms with Gasteiger partial charge in [-0.3, -0.25) is 0 Å². The Morgan fingerprint density at radius 2 is 2.27 bits per heavy atom. The molecule has 1 atom stereocenters. The Morgan fingerprint density at radius 1 is 1.47 bits per heavy atom. The van der Waals surface area contributed by atoms with E-state index in [1.165, 1.54) is 11.1 Å². The van der Waals surface area contributed by atoms with Gasteiger partial charge in [0, 0.05) is 17.6 Å². The Hall–Kier alpha value is -0.570. The first kappa shape index (κ1) is 10.9. The summed E-state index contributed by atoms with van der Waals surface area (Å²) in [5.74, 6) is 0. The summed E-state index contributed by atoms with van der Waals surface area (Å²) in [6.07, 6.45) is 1.14. The van der Waals surface area contributed by atoms with Gasteiger partial charge >= 0.3 is 0 Å². The van der Waals surface area contributed by atoms with Crippen LogP contribution in [0.15, 0.2) is 18.2 Å². The highest BCUT2D eigenvalue weighted by Gasteiger charge is 2.19. The molecule has 3 heteroatoms. The SMILES string of the molecule is CN[C@@H]1CCN(C)Cc2ccc(Cl)cc21. The second kappa shape index (κ2) is 4.52. The minimum Gasteiger partial charge on any atom is -0.313 e. The number of nitrogens with zero attached hydrogens (tertiary/aromatic N) is 1. The van der Waals surface area contributed by atoms with E-state index in [-0.39, 0.29) is 0 Å². The van der Waals surface area contributed by atoms with Crippen molar-refractivity contribution in [2.24, 2.45) is 0 Å². The van der Waals surface area contributed by atoms with Crippen molar-refractivity contribution in [2.45, 2.75) is 19.0 Å². The summed E-state index contributed by atoms with van der Waals surface area (Å²) in [6.45, 7) is 2.14. The lowest BCUT2D eigenvalue weighted by molar-refractivity contribution is 0.320. The van der Waals surface area contributed by atoms with Crippen LogP contribution in [0.4, 0.5) is 0 Å². The second-order valence-corrected chi connectivity index (χ2v) is 4.65. The third-order valence-corrected chi connectivity index (χ3v) is 3.31. The average Bonchev–Trinajstić information content (AvgIpc) is 2.37. The molecule has 2 nitrogen and oxygen atoms in total. The molecule has 1 aromatic rings. The third kappa shape index (κ3) is 2.33. The molecule has 0 fully saturated rings. The van der Waals surface area contributed by atoms with Gasteiger partial charge in [0.25, 0.3) is 0 Å². The van der Waals surface area contributed by atoms with Crippen molar-refractivity contribution in [3.05, 3.63) is 34.3 Å². The fourth-order valence-electron chi connectivity index (χ4n) is 2.21. The van der Waals surface area contributed by atoms with Gasteiger partial charge in [-0.2, -0.15) is 0 Å². The van der Waals surface area contributed by atoms with E-state index in [1.807, 2.05) is 13.1 Å². The van der Waals surface area contributed by atoms with Crippen LogP contribution < -0.4 is 5.32 Å². The zero-order chi connectivity index (χ0) is 10.8. The average molecular weight is 225 g/mol. The van der Waals surface area contributed by atoms with Crippen LogP contribution in [-0.4, -0.2) is 25.5 Å². The van der Waals surface area contributed by atoms with Gasteiger partial charge in [-0.05, 0) is 50.3 Å². The maximum atomic E-state index is 6.05. The fourth-order valence-corrected chi connectivity index (χ4v) is 2.39. The molecule has 0 saturated carbocycles. The molecule has 1 N–H and O–H groups in total. The largest absolute Gasteiger partial charge is 0.313 e. The molecule has 1 heterocycles. The van der Waals surface area contributed by atoms with Crippen LogP contribution in [0.1, 0.15) is 23.6 Å². The van der Waals surface area contributed by atoms with E-state index >= 15 is 0 Å². The fraction of sp³-hybridized carbons (Fsp3) is 0.500. The van der Waals surface area contributed by atoms with E-state index in [1.54, 1.807) is 0 Å². The third-order valence-electron chi connectivity index (χ3n) is 3.07. The predicted octanol–water partition coefficient (Wildman–Crippen LogP) is 2.44. The van der Waals surface area contributed by atoms with Crippen LogP contribution >= 0.6 is 11.6 Å².